The number of amides is 1. The Morgan fingerprint density at radius 1 is 1.26 bits per heavy atom. The molecule has 2 heterocycles. The van der Waals surface area contributed by atoms with Gasteiger partial charge >= 0.3 is 0 Å². The molecule has 0 bridgehead atoms. The number of ether oxygens (including phenoxy) is 1. The summed E-state index contributed by atoms with van der Waals surface area (Å²) < 4.78 is 5.67. The molecular weight excluding hydrogens is 342 g/mol. The topological polar surface area (TPSA) is 101 Å². The van der Waals surface area contributed by atoms with E-state index in [9.17, 15) is 4.79 Å². The summed E-state index contributed by atoms with van der Waals surface area (Å²) in [5, 5.41) is 9.42. The van der Waals surface area contributed by atoms with Crippen LogP contribution >= 0.6 is 0 Å². The van der Waals surface area contributed by atoms with Crippen molar-refractivity contribution in [1.82, 2.24) is 10.3 Å². The minimum Gasteiger partial charge on any atom is -0.472 e. The van der Waals surface area contributed by atoms with Gasteiger partial charge < -0.3 is 26.4 Å². The van der Waals surface area contributed by atoms with Gasteiger partial charge in [0.05, 0.1) is 0 Å². The third kappa shape index (κ3) is 3.83. The number of rotatable bonds is 4. The van der Waals surface area contributed by atoms with Crippen LogP contribution in [0.3, 0.4) is 0 Å². The average molecular weight is 367 g/mol. The van der Waals surface area contributed by atoms with Gasteiger partial charge in [-0.2, -0.15) is 0 Å². The summed E-state index contributed by atoms with van der Waals surface area (Å²) in [6.45, 7) is 2.18. The Balaban J connectivity index is 1.68. The quantitative estimate of drug-likeness (QED) is 0.663. The lowest BCUT2D eigenvalue weighted by Gasteiger charge is -2.30. The first-order valence-electron chi connectivity index (χ1n) is 9.42. The Hall–Kier alpha value is -2.80. The van der Waals surface area contributed by atoms with Gasteiger partial charge in [0.2, 0.25) is 0 Å². The summed E-state index contributed by atoms with van der Waals surface area (Å²) >= 11 is 0. The van der Waals surface area contributed by atoms with E-state index >= 15 is 0 Å². The standard InChI is InChI=1S/C20H25N5O2/c1-12-5-4-6-13(9-12)23-19-18-16(27-11-22-20(18)26)10-17(25-19)24-15-8-3-2-7-14(15)21/h4-6,9-10,14-15H,2-3,7-8,11,21H2,1H3,(H,22,26)(H2,23,24,25)/t14-,15+/m0/s1. The van der Waals surface area contributed by atoms with Crippen LogP contribution in [0.1, 0.15) is 41.6 Å². The van der Waals surface area contributed by atoms with Crippen molar-refractivity contribution in [3.8, 4) is 5.75 Å². The smallest absolute Gasteiger partial charge is 0.261 e. The number of hydrogen-bond donors (Lipinski definition) is 4. The maximum Gasteiger partial charge on any atom is 0.261 e. The van der Waals surface area contributed by atoms with Crippen LogP contribution < -0.4 is 26.4 Å². The molecule has 2 aliphatic rings. The van der Waals surface area contributed by atoms with Gasteiger partial charge in [0.1, 0.15) is 22.9 Å². The highest BCUT2D eigenvalue weighted by atomic mass is 16.5. The Morgan fingerprint density at radius 3 is 2.93 bits per heavy atom. The molecule has 7 nitrogen and oxygen atoms in total. The number of carbonyl (C=O) groups is 1. The lowest BCUT2D eigenvalue weighted by molar-refractivity contribution is 0.0884. The maximum atomic E-state index is 12.4. The number of anilines is 3. The Bertz CT molecular complexity index is 854. The number of benzene rings is 1. The van der Waals surface area contributed by atoms with Crippen molar-refractivity contribution in [2.75, 3.05) is 17.4 Å². The van der Waals surface area contributed by atoms with Crippen LogP contribution in [0.5, 0.6) is 5.75 Å². The van der Waals surface area contributed by atoms with Gasteiger partial charge in [0.15, 0.2) is 6.73 Å². The molecule has 0 unspecified atom stereocenters. The number of fused-ring (bicyclic) bond motifs is 1. The highest BCUT2D eigenvalue weighted by Gasteiger charge is 2.27. The van der Waals surface area contributed by atoms with Crippen LogP contribution in [0.4, 0.5) is 17.3 Å². The fourth-order valence-corrected chi connectivity index (χ4v) is 3.68. The number of aromatic nitrogens is 1. The molecule has 1 saturated carbocycles. The molecule has 0 saturated heterocycles. The van der Waals surface area contributed by atoms with E-state index in [4.69, 9.17) is 10.5 Å². The molecule has 1 amide bonds. The predicted molar refractivity (Wildman–Crippen MR) is 106 cm³/mol. The molecular formula is C20H25N5O2. The number of nitrogens with zero attached hydrogens (tertiary/aromatic N) is 1. The van der Waals surface area contributed by atoms with Gasteiger partial charge in [-0.3, -0.25) is 4.79 Å². The summed E-state index contributed by atoms with van der Waals surface area (Å²) in [7, 11) is 0. The highest BCUT2D eigenvalue weighted by molar-refractivity contribution is 6.03. The van der Waals surface area contributed by atoms with E-state index in [1.54, 1.807) is 6.07 Å². The van der Waals surface area contributed by atoms with Crippen molar-refractivity contribution >= 4 is 23.2 Å². The van der Waals surface area contributed by atoms with E-state index < -0.39 is 0 Å². The van der Waals surface area contributed by atoms with Crippen LogP contribution in [0.2, 0.25) is 0 Å². The van der Waals surface area contributed by atoms with Gasteiger partial charge in [-0.05, 0) is 37.5 Å². The van der Waals surface area contributed by atoms with Gasteiger partial charge in [-0.25, -0.2) is 4.98 Å². The fourth-order valence-electron chi connectivity index (χ4n) is 3.68. The second-order valence-electron chi connectivity index (χ2n) is 7.22. The van der Waals surface area contributed by atoms with Crippen LogP contribution in [0.15, 0.2) is 30.3 Å². The van der Waals surface area contributed by atoms with Crippen molar-refractivity contribution in [2.45, 2.75) is 44.7 Å². The monoisotopic (exact) mass is 367 g/mol. The summed E-state index contributed by atoms with van der Waals surface area (Å²) in [5.74, 6) is 1.47. The Labute approximate surface area is 158 Å². The number of carbonyl (C=O) groups excluding carboxylic acids is 1. The molecule has 4 rings (SSSR count). The van der Waals surface area contributed by atoms with Crippen LogP contribution in [-0.4, -0.2) is 29.7 Å². The molecule has 1 fully saturated rings. The minimum absolute atomic E-state index is 0.106. The third-order valence-electron chi connectivity index (χ3n) is 5.10. The highest BCUT2D eigenvalue weighted by Crippen LogP contribution is 2.33. The lowest BCUT2D eigenvalue weighted by atomic mass is 9.91. The minimum atomic E-state index is -0.195. The fraction of sp³-hybridized carbons (Fsp3) is 0.400. The molecule has 5 N–H and O–H groups in total. The number of nitrogens with one attached hydrogen (secondary N) is 3. The molecule has 142 valence electrons. The van der Waals surface area contributed by atoms with Crippen LogP contribution in [0.25, 0.3) is 0 Å². The zero-order valence-corrected chi connectivity index (χ0v) is 15.4. The van der Waals surface area contributed by atoms with Crippen molar-refractivity contribution in [1.29, 1.82) is 0 Å². The molecule has 2 aromatic rings. The molecule has 1 aromatic heterocycles. The van der Waals surface area contributed by atoms with Crippen molar-refractivity contribution in [2.24, 2.45) is 5.73 Å². The zero-order valence-electron chi connectivity index (χ0n) is 15.4. The number of aryl methyl sites for hydroxylation is 1. The maximum absolute atomic E-state index is 12.4. The lowest BCUT2D eigenvalue weighted by Crippen LogP contribution is -2.42. The van der Waals surface area contributed by atoms with E-state index in [-0.39, 0.29) is 24.7 Å². The van der Waals surface area contributed by atoms with E-state index in [0.717, 1.165) is 30.5 Å². The van der Waals surface area contributed by atoms with Crippen molar-refractivity contribution in [3.05, 3.63) is 41.5 Å². The SMILES string of the molecule is Cc1cccc(Nc2nc(N[C@@H]3CCCC[C@@H]3N)cc3c2C(=O)NCO3)c1. The Morgan fingerprint density at radius 2 is 2.11 bits per heavy atom. The molecule has 1 aliphatic carbocycles. The number of pyridine rings is 1. The van der Waals surface area contributed by atoms with Crippen LogP contribution in [-0.2, 0) is 0 Å². The average Bonchev–Trinajstić information content (AvgIpc) is 2.64. The molecule has 0 radical (unpaired) electrons. The third-order valence-corrected chi connectivity index (χ3v) is 5.10. The molecule has 1 aliphatic heterocycles. The summed E-state index contributed by atoms with van der Waals surface area (Å²) in [5.41, 5.74) is 8.67. The summed E-state index contributed by atoms with van der Waals surface area (Å²) in [4.78, 5) is 17.1. The summed E-state index contributed by atoms with van der Waals surface area (Å²) in [6, 6.07) is 10.0. The van der Waals surface area contributed by atoms with Gasteiger partial charge in [0.25, 0.3) is 5.91 Å². The summed E-state index contributed by atoms with van der Waals surface area (Å²) in [6.07, 6.45) is 4.35. The van der Waals surface area contributed by atoms with Crippen LogP contribution in [0, 0.1) is 6.92 Å². The molecule has 27 heavy (non-hydrogen) atoms. The molecule has 7 heteroatoms. The normalized spacial score (nSPS) is 21.6. The largest absolute Gasteiger partial charge is 0.472 e. The number of nitrogens with two attached hydrogens (primary N) is 1. The van der Waals surface area contributed by atoms with E-state index in [1.165, 1.54) is 6.42 Å². The van der Waals surface area contributed by atoms with Gasteiger partial charge in [-0.15, -0.1) is 0 Å². The first kappa shape index (κ1) is 17.6. The Kier molecular flexibility index (Phi) is 4.85. The van der Waals surface area contributed by atoms with Crippen molar-refractivity contribution < 1.29 is 9.53 Å². The molecule has 1 aromatic carbocycles. The van der Waals surface area contributed by atoms with E-state index in [0.29, 0.717) is 22.9 Å². The number of hydrogen-bond acceptors (Lipinski definition) is 6. The predicted octanol–water partition coefficient (Wildman–Crippen LogP) is 2.90. The first-order chi connectivity index (χ1) is 13.1. The second kappa shape index (κ2) is 7.44. The molecule has 0 spiro atoms. The second-order valence-corrected chi connectivity index (χ2v) is 7.22. The van der Waals surface area contributed by atoms with E-state index in [2.05, 4.69) is 20.9 Å². The first-order valence-corrected chi connectivity index (χ1v) is 9.42. The van der Waals surface area contributed by atoms with E-state index in [1.807, 2.05) is 31.2 Å². The molecule has 2 atom stereocenters. The van der Waals surface area contributed by atoms with Gasteiger partial charge in [-0.1, -0.05) is 25.0 Å². The zero-order chi connectivity index (χ0) is 18.8. The van der Waals surface area contributed by atoms with Gasteiger partial charge in [0, 0.05) is 23.8 Å². The van der Waals surface area contributed by atoms with Crippen molar-refractivity contribution in [3.63, 3.8) is 0 Å².